The van der Waals surface area contributed by atoms with Crippen LogP contribution in [-0.4, -0.2) is 36.5 Å². The maximum Gasteiger partial charge on any atom is 0.227 e. The zero-order valence-electron chi connectivity index (χ0n) is 9.97. The number of thiocarbonyl (C=S) groups is 1. The summed E-state index contributed by atoms with van der Waals surface area (Å²) in [5.41, 5.74) is 6.29. The maximum absolute atomic E-state index is 11.8. The molecule has 0 unspecified atom stereocenters. The minimum Gasteiger partial charge on any atom is -0.497 e. The van der Waals surface area contributed by atoms with Gasteiger partial charge in [0.1, 0.15) is 5.75 Å². The second kappa shape index (κ2) is 6.20. The van der Waals surface area contributed by atoms with Crippen LogP contribution in [0.1, 0.15) is 5.56 Å². The number of nitrogens with two attached hydrogens (primary N) is 1. The Morgan fingerprint density at radius 2 is 2.24 bits per heavy atom. The third-order valence-electron chi connectivity index (χ3n) is 2.31. The molecule has 0 fully saturated rings. The van der Waals surface area contributed by atoms with Gasteiger partial charge in [-0.3, -0.25) is 4.79 Å². The Morgan fingerprint density at radius 1 is 1.53 bits per heavy atom. The summed E-state index contributed by atoms with van der Waals surface area (Å²) in [5.74, 6) is 0.721. The lowest BCUT2D eigenvalue weighted by Crippen LogP contribution is -2.35. The summed E-state index contributed by atoms with van der Waals surface area (Å²) in [4.78, 5) is 13.6. The molecule has 0 aromatic heterocycles. The van der Waals surface area contributed by atoms with Gasteiger partial charge in [0.2, 0.25) is 5.91 Å². The Morgan fingerprint density at radius 3 is 2.82 bits per heavy atom. The molecule has 0 saturated carbocycles. The Kier molecular flexibility index (Phi) is 4.90. The van der Waals surface area contributed by atoms with Gasteiger partial charge in [-0.25, -0.2) is 0 Å². The van der Waals surface area contributed by atoms with Crippen molar-refractivity contribution in [2.75, 3.05) is 20.7 Å². The van der Waals surface area contributed by atoms with Crippen LogP contribution in [-0.2, 0) is 11.2 Å². The van der Waals surface area contributed by atoms with Gasteiger partial charge in [-0.15, -0.1) is 0 Å². The first-order valence-corrected chi connectivity index (χ1v) is 5.59. The number of hydrogen-bond donors (Lipinski definition) is 1. The van der Waals surface area contributed by atoms with E-state index in [1.54, 1.807) is 14.2 Å². The van der Waals surface area contributed by atoms with Crippen molar-refractivity contribution in [2.45, 2.75) is 6.42 Å². The Hall–Kier alpha value is -1.62. The molecule has 5 heteroatoms. The molecule has 2 N–H and O–H groups in total. The average molecular weight is 252 g/mol. The first-order chi connectivity index (χ1) is 8.02. The van der Waals surface area contributed by atoms with Gasteiger partial charge in [-0.05, 0) is 17.7 Å². The molecule has 0 saturated heterocycles. The smallest absolute Gasteiger partial charge is 0.227 e. The van der Waals surface area contributed by atoms with Gasteiger partial charge in [0.05, 0.1) is 25.1 Å². The predicted molar refractivity (Wildman–Crippen MR) is 71.1 cm³/mol. The summed E-state index contributed by atoms with van der Waals surface area (Å²) < 4.78 is 5.10. The number of rotatable bonds is 5. The van der Waals surface area contributed by atoms with E-state index in [1.165, 1.54) is 4.90 Å². The largest absolute Gasteiger partial charge is 0.497 e. The number of likely N-dealkylation sites (N-methyl/N-ethyl adjacent to an activating group) is 1. The Bertz CT molecular complexity index is 421. The average Bonchev–Trinajstić information content (AvgIpc) is 2.28. The molecular formula is C12H16N2O2S. The highest BCUT2D eigenvalue weighted by Gasteiger charge is 2.10. The number of carbonyl (C=O) groups is 1. The number of benzene rings is 1. The molecule has 0 aliphatic rings. The first kappa shape index (κ1) is 13.4. The van der Waals surface area contributed by atoms with Gasteiger partial charge in [-0.2, -0.15) is 0 Å². The van der Waals surface area contributed by atoms with E-state index >= 15 is 0 Å². The van der Waals surface area contributed by atoms with Crippen molar-refractivity contribution in [3.8, 4) is 5.75 Å². The zero-order valence-corrected chi connectivity index (χ0v) is 10.8. The van der Waals surface area contributed by atoms with Gasteiger partial charge in [0, 0.05) is 7.05 Å². The second-order valence-electron chi connectivity index (χ2n) is 3.74. The van der Waals surface area contributed by atoms with Crippen molar-refractivity contribution in [3.63, 3.8) is 0 Å². The molecular weight excluding hydrogens is 236 g/mol. The van der Waals surface area contributed by atoms with Crippen LogP contribution in [0.25, 0.3) is 0 Å². The fourth-order valence-corrected chi connectivity index (χ4v) is 1.61. The molecule has 0 spiro atoms. The monoisotopic (exact) mass is 252 g/mol. The molecule has 0 aliphatic carbocycles. The molecule has 1 aromatic rings. The van der Waals surface area contributed by atoms with Crippen LogP contribution in [0.3, 0.4) is 0 Å². The third-order valence-corrected chi connectivity index (χ3v) is 2.44. The van der Waals surface area contributed by atoms with E-state index in [0.29, 0.717) is 18.0 Å². The zero-order chi connectivity index (χ0) is 12.8. The summed E-state index contributed by atoms with van der Waals surface area (Å²) >= 11 is 4.76. The Labute approximate surface area is 106 Å². The standard InChI is InChI=1S/C12H16N2O2S/c1-14(8-11(13)17)12(15)7-9-4-3-5-10(6-9)16-2/h3-6H,7-8H2,1-2H3,(H2,13,17). The number of ether oxygens (including phenoxy) is 1. The molecule has 0 radical (unpaired) electrons. The Balaban J connectivity index is 2.64. The van der Waals surface area contributed by atoms with E-state index in [2.05, 4.69) is 0 Å². The molecule has 0 aliphatic heterocycles. The molecule has 92 valence electrons. The minimum absolute atomic E-state index is 0.0222. The topological polar surface area (TPSA) is 55.6 Å². The van der Waals surface area contributed by atoms with Crippen LogP contribution in [0.5, 0.6) is 5.75 Å². The van der Waals surface area contributed by atoms with Crippen LogP contribution >= 0.6 is 12.2 Å². The van der Waals surface area contributed by atoms with Crippen molar-refractivity contribution >= 4 is 23.1 Å². The molecule has 4 nitrogen and oxygen atoms in total. The van der Waals surface area contributed by atoms with Crippen LogP contribution < -0.4 is 10.5 Å². The van der Waals surface area contributed by atoms with Gasteiger partial charge >= 0.3 is 0 Å². The van der Waals surface area contributed by atoms with Crippen molar-refractivity contribution in [2.24, 2.45) is 5.73 Å². The normalized spacial score (nSPS) is 9.76. The molecule has 0 bridgehead atoms. The van der Waals surface area contributed by atoms with Crippen molar-refractivity contribution in [1.29, 1.82) is 0 Å². The summed E-state index contributed by atoms with van der Waals surface area (Å²) in [7, 11) is 3.28. The highest BCUT2D eigenvalue weighted by atomic mass is 32.1. The molecule has 0 atom stereocenters. The molecule has 17 heavy (non-hydrogen) atoms. The lowest BCUT2D eigenvalue weighted by molar-refractivity contribution is -0.128. The molecule has 0 heterocycles. The van der Waals surface area contributed by atoms with E-state index in [4.69, 9.17) is 22.7 Å². The second-order valence-corrected chi connectivity index (χ2v) is 4.27. The lowest BCUT2D eigenvalue weighted by Gasteiger charge is -2.16. The fraction of sp³-hybridized carbons (Fsp3) is 0.333. The van der Waals surface area contributed by atoms with Crippen LogP contribution in [0.2, 0.25) is 0 Å². The number of carbonyl (C=O) groups excluding carboxylic acids is 1. The van der Waals surface area contributed by atoms with E-state index in [-0.39, 0.29) is 5.91 Å². The first-order valence-electron chi connectivity index (χ1n) is 5.18. The fourth-order valence-electron chi connectivity index (χ4n) is 1.41. The van der Waals surface area contributed by atoms with Crippen molar-refractivity contribution in [3.05, 3.63) is 29.8 Å². The molecule has 1 rings (SSSR count). The highest BCUT2D eigenvalue weighted by molar-refractivity contribution is 7.80. The highest BCUT2D eigenvalue weighted by Crippen LogP contribution is 2.13. The number of hydrogen-bond acceptors (Lipinski definition) is 3. The van der Waals surface area contributed by atoms with E-state index in [9.17, 15) is 4.79 Å². The van der Waals surface area contributed by atoms with Crippen LogP contribution in [0.4, 0.5) is 0 Å². The van der Waals surface area contributed by atoms with Gasteiger partial charge in [0.15, 0.2) is 0 Å². The quantitative estimate of drug-likeness (QED) is 0.794. The summed E-state index contributed by atoms with van der Waals surface area (Å²) in [6, 6.07) is 7.42. The van der Waals surface area contributed by atoms with E-state index in [1.807, 2.05) is 24.3 Å². The van der Waals surface area contributed by atoms with Gasteiger partial charge < -0.3 is 15.4 Å². The van der Waals surface area contributed by atoms with Crippen molar-refractivity contribution in [1.82, 2.24) is 4.90 Å². The SMILES string of the molecule is COc1cccc(CC(=O)N(C)CC(N)=S)c1. The summed E-state index contributed by atoms with van der Waals surface area (Å²) in [6.45, 7) is 0.304. The number of amides is 1. The van der Waals surface area contributed by atoms with Gasteiger partial charge in [0.25, 0.3) is 0 Å². The maximum atomic E-state index is 11.8. The van der Waals surface area contributed by atoms with Crippen LogP contribution in [0.15, 0.2) is 24.3 Å². The molecule has 1 aromatic carbocycles. The third kappa shape index (κ3) is 4.40. The van der Waals surface area contributed by atoms with Gasteiger partial charge in [-0.1, -0.05) is 24.4 Å². The number of methoxy groups -OCH3 is 1. The predicted octanol–water partition coefficient (Wildman–Crippen LogP) is 0.982. The van der Waals surface area contributed by atoms with Crippen LogP contribution in [0, 0.1) is 0 Å². The minimum atomic E-state index is -0.0222. The number of nitrogens with zero attached hydrogens (tertiary/aromatic N) is 1. The van der Waals surface area contributed by atoms with E-state index < -0.39 is 0 Å². The molecule has 1 amide bonds. The van der Waals surface area contributed by atoms with Crippen molar-refractivity contribution < 1.29 is 9.53 Å². The van der Waals surface area contributed by atoms with E-state index in [0.717, 1.165) is 11.3 Å². The summed E-state index contributed by atoms with van der Waals surface area (Å²) in [5, 5.41) is 0. The summed E-state index contributed by atoms with van der Waals surface area (Å²) in [6.07, 6.45) is 0.316. The lowest BCUT2D eigenvalue weighted by atomic mass is 10.1.